The van der Waals surface area contributed by atoms with Gasteiger partial charge in [-0.3, -0.25) is 4.99 Å². The van der Waals surface area contributed by atoms with Crippen LogP contribution in [-0.4, -0.2) is 51.9 Å². The summed E-state index contributed by atoms with van der Waals surface area (Å²) in [6.07, 6.45) is 1.07. The Kier molecular flexibility index (Phi) is 7.90. The fourth-order valence-corrected chi connectivity index (χ4v) is 3.25. The van der Waals surface area contributed by atoms with Crippen LogP contribution in [0.25, 0.3) is 0 Å². The lowest BCUT2D eigenvalue weighted by atomic mass is 10.1. The Bertz CT molecular complexity index is 847. The number of ether oxygens (including phenoxy) is 2. The molecule has 0 saturated carbocycles. The SMILES string of the molecule is CN=C(NCc1cccc(N(C)C)n1)NCc1ccc(C)cc1OCC1CCOC1. The van der Waals surface area contributed by atoms with Crippen molar-refractivity contribution in [1.29, 1.82) is 0 Å². The molecule has 1 aromatic heterocycles. The summed E-state index contributed by atoms with van der Waals surface area (Å²) in [6.45, 7) is 5.63. The molecule has 0 spiro atoms. The first-order chi connectivity index (χ1) is 14.5. The van der Waals surface area contributed by atoms with Crippen molar-refractivity contribution < 1.29 is 9.47 Å². The summed E-state index contributed by atoms with van der Waals surface area (Å²) in [5.41, 5.74) is 3.25. The molecule has 2 aromatic rings. The highest BCUT2D eigenvalue weighted by Gasteiger charge is 2.17. The predicted octanol–water partition coefficient (Wildman–Crippen LogP) is 2.74. The molecule has 0 radical (unpaired) electrons. The minimum atomic E-state index is 0.478. The van der Waals surface area contributed by atoms with Crippen LogP contribution in [0.4, 0.5) is 5.82 Å². The van der Waals surface area contributed by atoms with Crippen molar-refractivity contribution in [3.05, 3.63) is 53.2 Å². The molecular formula is C23H33N5O2. The Morgan fingerprint density at radius 2 is 2.07 bits per heavy atom. The fourth-order valence-electron chi connectivity index (χ4n) is 3.25. The molecule has 1 fully saturated rings. The monoisotopic (exact) mass is 411 g/mol. The number of aromatic nitrogens is 1. The minimum Gasteiger partial charge on any atom is -0.493 e. The first-order valence-corrected chi connectivity index (χ1v) is 10.4. The molecule has 2 heterocycles. The smallest absolute Gasteiger partial charge is 0.191 e. The van der Waals surface area contributed by atoms with Gasteiger partial charge in [-0.25, -0.2) is 4.98 Å². The lowest BCUT2D eigenvalue weighted by Gasteiger charge is -2.17. The molecule has 1 saturated heterocycles. The van der Waals surface area contributed by atoms with Gasteiger partial charge in [-0.05, 0) is 37.1 Å². The van der Waals surface area contributed by atoms with Crippen LogP contribution in [0.15, 0.2) is 41.4 Å². The standard InChI is InChI=1S/C23H33N5O2/c1-17-8-9-19(21(12-17)30-16-18-10-11-29-15-18)13-25-23(24-2)26-14-20-6-5-7-22(27-20)28(3)4/h5-9,12,18H,10-11,13-16H2,1-4H3,(H2,24,25,26). The third-order valence-corrected chi connectivity index (χ3v) is 5.08. The van der Waals surface area contributed by atoms with Gasteiger partial charge in [-0.1, -0.05) is 18.2 Å². The zero-order valence-corrected chi connectivity index (χ0v) is 18.4. The van der Waals surface area contributed by atoms with E-state index in [0.29, 0.717) is 25.6 Å². The fraction of sp³-hybridized carbons (Fsp3) is 0.478. The summed E-state index contributed by atoms with van der Waals surface area (Å²) in [5, 5.41) is 6.71. The molecule has 1 atom stereocenters. The quantitative estimate of drug-likeness (QED) is 0.514. The normalized spacial score (nSPS) is 16.4. The second-order valence-corrected chi connectivity index (χ2v) is 7.81. The predicted molar refractivity (Wildman–Crippen MR) is 121 cm³/mol. The number of guanidine groups is 1. The molecule has 3 rings (SSSR count). The third-order valence-electron chi connectivity index (χ3n) is 5.08. The molecule has 30 heavy (non-hydrogen) atoms. The molecular weight excluding hydrogens is 378 g/mol. The van der Waals surface area contributed by atoms with Crippen LogP contribution < -0.4 is 20.3 Å². The van der Waals surface area contributed by atoms with E-state index in [2.05, 4.69) is 45.7 Å². The van der Waals surface area contributed by atoms with Crippen molar-refractivity contribution in [2.45, 2.75) is 26.4 Å². The van der Waals surface area contributed by atoms with Gasteiger partial charge in [0, 0.05) is 45.8 Å². The molecule has 2 N–H and O–H groups in total. The molecule has 0 aliphatic carbocycles. The van der Waals surface area contributed by atoms with Crippen molar-refractivity contribution in [1.82, 2.24) is 15.6 Å². The third kappa shape index (κ3) is 6.35. The summed E-state index contributed by atoms with van der Waals surface area (Å²) in [5.74, 6) is 3.06. The van der Waals surface area contributed by atoms with Gasteiger partial charge in [0.2, 0.25) is 0 Å². The zero-order chi connectivity index (χ0) is 21.3. The van der Waals surface area contributed by atoms with Crippen molar-refractivity contribution in [3.63, 3.8) is 0 Å². The number of nitrogens with one attached hydrogen (secondary N) is 2. The number of hydrogen-bond acceptors (Lipinski definition) is 5. The Morgan fingerprint density at radius 3 is 2.80 bits per heavy atom. The molecule has 0 amide bonds. The van der Waals surface area contributed by atoms with E-state index in [9.17, 15) is 0 Å². The van der Waals surface area contributed by atoms with E-state index in [1.165, 1.54) is 5.56 Å². The number of aliphatic imine (C=N–C) groups is 1. The zero-order valence-electron chi connectivity index (χ0n) is 18.4. The number of nitrogens with zero attached hydrogens (tertiary/aromatic N) is 3. The molecule has 1 unspecified atom stereocenters. The van der Waals surface area contributed by atoms with E-state index in [4.69, 9.17) is 9.47 Å². The summed E-state index contributed by atoms with van der Waals surface area (Å²) >= 11 is 0. The summed E-state index contributed by atoms with van der Waals surface area (Å²) in [6, 6.07) is 12.3. The topological polar surface area (TPSA) is 71.0 Å². The molecule has 7 nitrogen and oxygen atoms in total. The van der Waals surface area contributed by atoms with Crippen LogP contribution >= 0.6 is 0 Å². The van der Waals surface area contributed by atoms with Crippen LogP contribution in [0.5, 0.6) is 5.75 Å². The second kappa shape index (κ2) is 10.8. The van der Waals surface area contributed by atoms with Gasteiger partial charge in [0.25, 0.3) is 0 Å². The maximum absolute atomic E-state index is 6.14. The first kappa shape index (κ1) is 21.9. The molecule has 1 aliphatic heterocycles. The lowest BCUT2D eigenvalue weighted by Crippen LogP contribution is -2.36. The van der Waals surface area contributed by atoms with Crippen LogP contribution in [0.2, 0.25) is 0 Å². The van der Waals surface area contributed by atoms with Crippen molar-refractivity contribution in [2.75, 3.05) is 45.9 Å². The van der Waals surface area contributed by atoms with Gasteiger partial charge in [0.1, 0.15) is 11.6 Å². The number of pyridine rings is 1. The molecule has 0 bridgehead atoms. The molecule has 1 aliphatic rings. The Hall–Kier alpha value is -2.80. The van der Waals surface area contributed by atoms with Crippen molar-refractivity contribution in [2.24, 2.45) is 10.9 Å². The highest BCUT2D eigenvalue weighted by molar-refractivity contribution is 5.79. The Morgan fingerprint density at radius 1 is 1.23 bits per heavy atom. The van der Waals surface area contributed by atoms with Gasteiger partial charge in [0.05, 0.1) is 25.5 Å². The van der Waals surface area contributed by atoms with E-state index < -0.39 is 0 Å². The van der Waals surface area contributed by atoms with Gasteiger partial charge >= 0.3 is 0 Å². The molecule has 1 aromatic carbocycles. The van der Waals surface area contributed by atoms with Gasteiger partial charge < -0.3 is 25.0 Å². The van der Waals surface area contributed by atoms with E-state index >= 15 is 0 Å². The number of rotatable bonds is 8. The van der Waals surface area contributed by atoms with Gasteiger partial charge in [-0.15, -0.1) is 0 Å². The van der Waals surface area contributed by atoms with E-state index in [1.807, 2.05) is 37.2 Å². The van der Waals surface area contributed by atoms with Gasteiger partial charge in [-0.2, -0.15) is 0 Å². The molecule has 162 valence electrons. The average molecular weight is 412 g/mol. The highest BCUT2D eigenvalue weighted by atomic mass is 16.5. The highest BCUT2D eigenvalue weighted by Crippen LogP contribution is 2.22. The minimum absolute atomic E-state index is 0.478. The maximum atomic E-state index is 6.14. The summed E-state index contributed by atoms with van der Waals surface area (Å²) in [7, 11) is 5.74. The van der Waals surface area contributed by atoms with Crippen molar-refractivity contribution in [3.8, 4) is 5.75 Å². The van der Waals surface area contributed by atoms with Gasteiger partial charge in [0.15, 0.2) is 5.96 Å². The van der Waals surface area contributed by atoms with Crippen LogP contribution in [0, 0.1) is 12.8 Å². The number of benzene rings is 1. The van der Waals surface area contributed by atoms with Crippen LogP contribution in [0.1, 0.15) is 23.2 Å². The average Bonchev–Trinajstić information content (AvgIpc) is 3.27. The largest absolute Gasteiger partial charge is 0.493 e. The summed E-state index contributed by atoms with van der Waals surface area (Å²) in [4.78, 5) is 11.0. The van der Waals surface area contributed by atoms with Crippen LogP contribution in [0.3, 0.4) is 0 Å². The first-order valence-electron chi connectivity index (χ1n) is 10.4. The number of anilines is 1. The van der Waals surface area contributed by atoms with E-state index in [0.717, 1.165) is 48.4 Å². The lowest BCUT2D eigenvalue weighted by molar-refractivity contribution is 0.166. The van der Waals surface area contributed by atoms with E-state index in [1.54, 1.807) is 7.05 Å². The van der Waals surface area contributed by atoms with E-state index in [-0.39, 0.29) is 0 Å². The Balaban J connectivity index is 1.55. The summed E-state index contributed by atoms with van der Waals surface area (Å²) < 4.78 is 11.6. The van der Waals surface area contributed by atoms with Crippen LogP contribution in [-0.2, 0) is 17.8 Å². The number of aryl methyl sites for hydroxylation is 1. The number of hydrogen-bond donors (Lipinski definition) is 2. The second-order valence-electron chi connectivity index (χ2n) is 7.81. The molecule has 7 heteroatoms. The Labute approximate surface area is 179 Å². The van der Waals surface area contributed by atoms with Crippen molar-refractivity contribution >= 4 is 11.8 Å². The maximum Gasteiger partial charge on any atom is 0.191 e.